The van der Waals surface area contributed by atoms with E-state index in [9.17, 15) is 0 Å². The van der Waals surface area contributed by atoms with E-state index in [0.717, 1.165) is 41.4 Å². The minimum atomic E-state index is 0.823. The monoisotopic (exact) mass is 304 g/mol. The highest BCUT2D eigenvalue weighted by Crippen LogP contribution is 2.38. The van der Waals surface area contributed by atoms with Crippen molar-refractivity contribution in [3.63, 3.8) is 0 Å². The van der Waals surface area contributed by atoms with E-state index in [-0.39, 0.29) is 0 Å². The van der Waals surface area contributed by atoms with Crippen molar-refractivity contribution in [2.45, 2.75) is 33.7 Å². The summed E-state index contributed by atoms with van der Waals surface area (Å²) in [5.41, 5.74) is 1.30. The van der Waals surface area contributed by atoms with Crippen LogP contribution in [0, 0.1) is 25.7 Å². The molecule has 0 saturated heterocycles. The summed E-state index contributed by atoms with van der Waals surface area (Å²) >= 11 is 1.77. The molecule has 1 aliphatic carbocycles. The molecule has 0 aromatic carbocycles. The second kappa shape index (κ2) is 5.54. The molecule has 2 unspecified atom stereocenters. The fourth-order valence-electron chi connectivity index (χ4n) is 2.91. The van der Waals surface area contributed by atoms with Gasteiger partial charge in [0.2, 0.25) is 0 Å². The van der Waals surface area contributed by atoms with Crippen LogP contribution in [-0.4, -0.2) is 35.5 Å². The summed E-state index contributed by atoms with van der Waals surface area (Å²) in [5.74, 6) is 3.65. The predicted octanol–water partition coefficient (Wildman–Crippen LogP) is 3.44. The Balaban J connectivity index is 1.85. The second-order valence-electron chi connectivity index (χ2n) is 6.37. The van der Waals surface area contributed by atoms with E-state index >= 15 is 0 Å². The molecule has 1 saturated carbocycles. The van der Waals surface area contributed by atoms with Gasteiger partial charge < -0.3 is 5.32 Å². The smallest absolute Gasteiger partial charge is 0.146 e. The zero-order valence-corrected chi connectivity index (χ0v) is 14.3. The fourth-order valence-corrected chi connectivity index (χ4v) is 3.95. The van der Waals surface area contributed by atoms with Crippen LogP contribution >= 0.6 is 11.3 Å². The minimum Gasteiger partial charge on any atom is -0.372 e. The van der Waals surface area contributed by atoms with Gasteiger partial charge in [-0.2, -0.15) is 0 Å². The van der Waals surface area contributed by atoms with Crippen molar-refractivity contribution in [3.8, 4) is 0 Å². The van der Waals surface area contributed by atoms with Crippen LogP contribution in [0.1, 0.15) is 29.6 Å². The summed E-state index contributed by atoms with van der Waals surface area (Å²) in [6.07, 6.45) is 1.37. The Morgan fingerprint density at radius 3 is 2.67 bits per heavy atom. The molecular weight excluding hydrogens is 280 g/mol. The molecule has 0 amide bonds. The average Bonchev–Trinajstić information content (AvgIpc) is 3.03. The quantitative estimate of drug-likeness (QED) is 0.919. The molecule has 2 aromatic rings. The first-order chi connectivity index (χ1) is 9.99. The van der Waals surface area contributed by atoms with Crippen molar-refractivity contribution in [3.05, 3.63) is 16.3 Å². The number of aryl methyl sites for hydroxylation is 2. The van der Waals surface area contributed by atoms with Gasteiger partial charge in [-0.15, -0.1) is 11.3 Å². The number of anilines is 1. The molecule has 1 N–H and O–H groups in total. The lowest BCUT2D eigenvalue weighted by molar-refractivity contribution is 0.300. The van der Waals surface area contributed by atoms with Gasteiger partial charge in [0.15, 0.2) is 0 Å². The Labute approximate surface area is 130 Å². The van der Waals surface area contributed by atoms with E-state index in [2.05, 4.69) is 38.0 Å². The maximum atomic E-state index is 4.78. The van der Waals surface area contributed by atoms with Crippen LogP contribution in [0.5, 0.6) is 0 Å². The van der Waals surface area contributed by atoms with Crippen LogP contribution in [-0.2, 0) is 6.54 Å². The van der Waals surface area contributed by atoms with Gasteiger partial charge in [-0.25, -0.2) is 9.97 Å². The summed E-state index contributed by atoms with van der Waals surface area (Å²) in [7, 11) is 4.11. The molecule has 0 spiro atoms. The number of rotatable bonds is 5. The number of hydrogen-bond donors (Lipinski definition) is 1. The van der Waals surface area contributed by atoms with E-state index in [1.807, 2.05) is 7.05 Å². The van der Waals surface area contributed by atoms with E-state index in [1.165, 1.54) is 22.2 Å². The van der Waals surface area contributed by atoms with Crippen LogP contribution < -0.4 is 5.32 Å². The molecular formula is C16H24N4S. The van der Waals surface area contributed by atoms with Crippen LogP contribution in [0.3, 0.4) is 0 Å². The summed E-state index contributed by atoms with van der Waals surface area (Å²) in [6.45, 7) is 8.61. The highest BCUT2D eigenvalue weighted by atomic mass is 32.1. The van der Waals surface area contributed by atoms with E-state index in [0.29, 0.717) is 0 Å². The SMILES string of the molecule is CNc1nc(CN(C)CC2CC2C)nc2sc(C)c(C)c12. The third-order valence-electron chi connectivity index (χ3n) is 4.55. The third-order valence-corrected chi connectivity index (χ3v) is 5.65. The van der Waals surface area contributed by atoms with Crippen molar-refractivity contribution < 1.29 is 0 Å². The number of nitrogens with one attached hydrogen (secondary N) is 1. The lowest BCUT2D eigenvalue weighted by Gasteiger charge is -2.16. The van der Waals surface area contributed by atoms with Gasteiger partial charge in [-0.1, -0.05) is 6.92 Å². The van der Waals surface area contributed by atoms with Crippen molar-refractivity contribution >= 4 is 27.4 Å². The summed E-state index contributed by atoms with van der Waals surface area (Å²) in [5, 5.41) is 4.42. The highest BCUT2D eigenvalue weighted by Gasteiger charge is 2.33. The van der Waals surface area contributed by atoms with Gasteiger partial charge in [0, 0.05) is 18.5 Å². The van der Waals surface area contributed by atoms with E-state index in [4.69, 9.17) is 9.97 Å². The number of hydrogen-bond acceptors (Lipinski definition) is 5. The van der Waals surface area contributed by atoms with Gasteiger partial charge in [-0.05, 0) is 44.7 Å². The fraction of sp³-hybridized carbons (Fsp3) is 0.625. The second-order valence-corrected chi connectivity index (χ2v) is 7.57. The van der Waals surface area contributed by atoms with Crippen molar-refractivity contribution in [1.29, 1.82) is 0 Å². The Morgan fingerprint density at radius 1 is 1.33 bits per heavy atom. The standard InChI is InChI=1S/C16H24N4S/c1-9-6-12(9)7-20(5)8-13-18-15(17-4)14-10(2)11(3)21-16(14)19-13/h9,12H,6-8H2,1-5H3,(H,17,18,19). The molecule has 3 rings (SSSR count). The predicted molar refractivity (Wildman–Crippen MR) is 90.0 cm³/mol. The molecule has 114 valence electrons. The first-order valence-corrected chi connectivity index (χ1v) is 8.44. The summed E-state index contributed by atoms with van der Waals surface area (Å²) in [6, 6.07) is 0. The molecule has 2 aromatic heterocycles. The first kappa shape index (κ1) is 14.7. The van der Waals surface area contributed by atoms with Crippen molar-refractivity contribution in [1.82, 2.24) is 14.9 Å². The lowest BCUT2D eigenvalue weighted by Crippen LogP contribution is -2.22. The maximum Gasteiger partial charge on any atom is 0.146 e. The minimum absolute atomic E-state index is 0.823. The molecule has 1 aliphatic rings. The molecule has 0 radical (unpaired) electrons. The lowest BCUT2D eigenvalue weighted by atomic mass is 10.2. The van der Waals surface area contributed by atoms with Crippen molar-refractivity contribution in [2.75, 3.05) is 26.0 Å². The van der Waals surface area contributed by atoms with Crippen LogP contribution in [0.15, 0.2) is 0 Å². The van der Waals surface area contributed by atoms with Crippen LogP contribution in [0.4, 0.5) is 5.82 Å². The average molecular weight is 304 g/mol. The topological polar surface area (TPSA) is 41.1 Å². The molecule has 0 bridgehead atoms. The summed E-state index contributed by atoms with van der Waals surface area (Å²) < 4.78 is 0. The number of thiophene rings is 1. The molecule has 4 nitrogen and oxygen atoms in total. The Morgan fingerprint density at radius 2 is 2.05 bits per heavy atom. The molecule has 0 aliphatic heterocycles. The Kier molecular flexibility index (Phi) is 3.88. The highest BCUT2D eigenvalue weighted by molar-refractivity contribution is 7.18. The van der Waals surface area contributed by atoms with Gasteiger partial charge in [0.1, 0.15) is 16.5 Å². The van der Waals surface area contributed by atoms with Gasteiger partial charge in [0.05, 0.1) is 11.9 Å². The largest absolute Gasteiger partial charge is 0.372 e. The molecule has 1 fully saturated rings. The zero-order valence-electron chi connectivity index (χ0n) is 13.5. The molecule has 21 heavy (non-hydrogen) atoms. The third kappa shape index (κ3) is 2.90. The number of aromatic nitrogens is 2. The van der Waals surface area contributed by atoms with Crippen molar-refractivity contribution in [2.24, 2.45) is 11.8 Å². The maximum absolute atomic E-state index is 4.78. The number of fused-ring (bicyclic) bond motifs is 1. The van der Waals surface area contributed by atoms with E-state index < -0.39 is 0 Å². The van der Waals surface area contributed by atoms with Gasteiger partial charge in [0.25, 0.3) is 0 Å². The normalized spacial score (nSPS) is 21.2. The van der Waals surface area contributed by atoms with Crippen LogP contribution in [0.25, 0.3) is 10.2 Å². The van der Waals surface area contributed by atoms with Gasteiger partial charge >= 0.3 is 0 Å². The number of nitrogens with zero attached hydrogens (tertiary/aromatic N) is 3. The Bertz CT molecular complexity index is 664. The summed E-state index contributed by atoms with van der Waals surface area (Å²) in [4.78, 5) is 14.3. The Hall–Kier alpha value is -1.20. The van der Waals surface area contributed by atoms with Crippen LogP contribution in [0.2, 0.25) is 0 Å². The molecule has 2 atom stereocenters. The molecule has 5 heteroatoms. The van der Waals surface area contributed by atoms with Gasteiger partial charge in [-0.3, -0.25) is 4.90 Å². The molecule has 2 heterocycles. The first-order valence-electron chi connectivity index (χ1n) is 7.62. The zero-order chi connectivity index (χ0) is 15.1. The van der Waals surface area contributed by atoms with E-state index in [1.54, 1.807) is 11.3 Å².